The molecule has 11 heteroatoms. The molecule has 3 rings (SSSR count). The van der Waals surface area contributed by atoms with Gasteiger partial charge in [0.1, 0.15) is 18.1 Å². The third kappa shape index (κ3) is 5.90. The number of aliphatic carboxylic acids is 2. The monoisotopic (exact) mass is 474 g/mol. The number of hydrogen-bond acceptors (Lipinski definition) is 6. The van der Waals surface area contributed by atoms with E-state index in [9.17, 15) is 29.1 Å². The zero-order valence-electron chi connectivity index (χ0n) is 18.8. The number of hydrogen-bond donors (Lipinski definition) is 4. The van der Waals surface area contributed by atoms with Crippen molar-refractivity contribution >= 4 is 29.7 Å². The average molecular weight is 475 g/mol. The number of nitrogens with two attached hydrogens (primary N) is 1. The highest BCUT2D eigenvalue weighted by Crippen LogP contribution is 2.22. The van der Waals surface area contributed by atoms with Crippen LogP contribution < -0.4 is 11.1 Å². The zero-order valence-corrected chi connectivity index (χ0v) is 18.8. The Morgan fingerprint density at radius 1 is 0.941 bits per heavy atom. The number of benzene rings is 1. The van der Waals surface area contributed by atoms with E-state index in [4.69, 9.17) is 10.8 Å². The van der Waals surface area contributed by atoms with Crippen LogP contribution in [0.2, 0.25) is 0 Å². The minimum absolute atomic E-state index is 0.160. The molecule has 0 aromatic heterocycles. The molecule has 4 unspecified atom stereocenters. The number of nitrogens with zero attached hydrogens (tertiary/aromatic N) is 2. The van der Waals surface area contributed by atoms with Crippen LogP contribution >= 0.6 is 0 Å². The maximum atomic E-state index is 13.3. The fourth-order valence-corrected chi connectivity index (χ4v) is 4.60. The van der Waals surface area contributed by atoms with Gasteiger partial charge in [-0.3, -0.25) is 19.2 Å². The molecule has 2 aliphatic heterocycles. The van der Waals surface area contributed by atoms with E-state index in [1.165, 1.54) is 9.80 Å². The van der Waals surface area contributed by atoms with Gasteiger partial charge in [-0.1, -0.05) is 30.3 Å². The van der Waals surface area contributed by atoms with Crippen LogP contribution in [-0.2, 0) is 30.4 Å². The standard InChI is InChI=1S/C23H30N4O7/c24-15(13-19(28)29)21(31)26-10-4-8-17(26)20(30)25-16(12-14-6-2-1-3-7-14)22(32)27-11-5-9-18(27)23(33)34/h1-3,6-7,15-18H,4-5,8-13,24H2,(H,25,30)(H,28,29)(H,33,34). The van der Waals surface area contributed by atoms with Gasteiger partial charge in [0, 0.05) is 19.5 Å². The molecule has 34 heavy (non-hydrogen) atoms. The lowest BCUT2D eigenvalue weighted by Gasteiger charge is -2.30. The van der Waals surface area contributed by atoms with Crippen LogP contribution in [-0.4, -0.2) is 86.9 Å². The van der Waals surface area contributed by atoms with E-state index in [0.717, 1.165) is 5.56 Å². The molecule has 2 saturated heterocycles. The van der Waals surface area contributed by atoms with Crippen molar-refractivity contribution in [2.75, 3.05) is 13.1 Å². The van der Waals surface area contributed by atoms with Crippen LogP contribution in [0.4, 0.5) is 0 Å². The number of amides is 3. The second-order valence-corrected chi connectivity index (χ2v) is 8.67. The Morgan fingerprint density at radius 2 is 1.53 bits per heavy atom. The number of rotatable bonds is 9. The van der Waals surface area contributed by atoms with Gasteiger partial charge in [0.2, 0.25) is 17.7 Å². The van der Waals surface area contributed by atoms with Crippen molar-refractivity contribution in [2.45, 2.75) is 62.7 Å². The molecule has 0 spiro atoms. The van der Waals surface area contributed by atoms with Gasteiger partial charge in [-0.25, -0.2) is 4.79 Å². The topological polar surface area (TPSA) is 170 Å². The number of carboxylic acids is 2. The second kappa shape index (κ2) is 11.1. The van der Waals surface area contributed by atoms with E-state index in [0.29, 0.717) is 25.7 Å². The first kappa shape index (κ1) is 25.2. The van der Waals surface area contributed by atoms with Crippen LogP contribution in [0.3, 0.4) is 0 Å². The molecule has 2 heterocycles. The predicted octanol–water partition coefficient (Wildman–Crippen LogP) is -0.417. The summed E-state index contributed by atoms with van der Waals surface area (Å²) in [6.45, 7) is 0.545. The molecule has 0 bridgehead atoms. The Labute approximate surface area is 196 Å². The largest absolute Gasteiger partial charge is 0.481 e. The number of likely N-dealkylation sites (tertiary alicyclic amines) is 2. The maximum Gasteiger partial charge on any atom is 0.326 e. The summed E-state index contributed by atoms with van der Waals surface area (Å²) in [5.41, 5.74) is 6.51. The minimum atomic E-state index is -1.27. The quantitative estimate of drug-likeness (QED) is 0.374. The Morgan fingerprint density at radius 3 is 2.12 bits per heavy atom. The molecule has 4 atom stereocenters. The van der Waals surface area contributed by atoms with Crippen LogP contribution in [0.15, 0.2) is 30.3 Å². The molecule has 2 aliphatic rings. The van der Waals surface area contributed by atoms with Crippen molar-refractivity contribution < 1.29 is 34.2 Å². The van der Waals surface area contributed by atoms with E-state index in [1.807, 2.05) is 6.07 Å². The third-order valence-electron chi connectivity index (χ3n) is 6.27. The van der Waals surface area contributed by atoms with Crippen molar-refractivity contribution in [2.24, 2.45) is 5.73 Å². The summed E-state index contributed by atoms with van der Waals surface area (Å²) in [6.07, 6.45) is 1.40. The predicted molar refractivity (Wildman–Crippen MR) is 119 cm³/mol. The second-order valence-electron chi connectivity index (χ2n) is 8.67. The van der Waals surface area contributed by atoms with Crippen molar-refractivity contribution in [3.05, 3.63) is 35.9 Å². The number of carboxylic acid groups (broad SMARTS) is 2. The Kier molecular flexibility index (Phi) is 8.21. The fraction of sp³-hybridized carbons (Fsp3) is 0.522. The first-order chi connectivity index (χ1) is 16.2. The summed E-state index contributed by atoms with van der Waals surface area (Å²) >= 11 is 0. The summed E-state index contributed by atoms with van der Waals surface area (Å²) in [7, 11) is 0. The van der Waals surface area contributed by atoms with E-state index >= 15 is 0 Å². The van der Waals surface area contributed by atoms with Gasteiger partial charge in [0.05, 0.1) is 12.5 Å². The van der Waals surface area contributed by atoms with E-state index in [1.54, 1.807) is 24.3 Å². The van der Waals surface area contributed by atoms with Gasteiger partial charge in [-0.15, -0.1) is 0 Å². The fourth-order valence-electron chi connectivity index (χ4n) is 4.60. The van der Waals surface area contributed by atoms with E-state index in [-0.39, 0.29) is 19.5 Å². The molecule has 0 radical (unpaired) electrons. The lowest BCUT2D eigenvalue weighted by Crippen LogP contribution is -2.57. The Hall–Kier alpha value is -3.47. The first-order valence-corrected chi connectivity index (χ1v) is 11.3. The summed E-state index contributed by atoms with van der Waals surface area (Å²) < 4.78 is 0. The summed E-state index contributed by atoms with van der Waals surface area (Å²) in [5.74, 6) is -3.96. The number of carbonyl (C=O) groups is 5. The molecular formula is C23H30N4O7. The summed E-state index contributed by atoms with van der Waals surface area (Å²) in [6, 6.07) is 4.93. The third-order valence-corrected chi connectivity index (χ3v) is 6.27. The molecule has 0 aliphatic carbocycles. The van der Waals surface area contributed by atoms with Crippen LogP contribution in [0.1, 0.15) is 37.7 Å². The number of nitrogens with one attached hydrogen (secondary N) is 1. The van der Waals surface area contributed by atoms with Crippen molar-refractivity contribution in [3.8, 4) is 0 Å². The molecule has 2 fully saturated rings. The molecular weight excluding hydrogens is 444 g/mol. The van der Waals surface area contributed by atoms with Crippen molar-refractivity contribution in [3.63, 3.8) is 0 Å². The highest BCUT2D eigenvalue weighted by Gasteiger charge is 2.41. The van der Waals surface area contributed by atoms with E-state index < -0.39 is 60.2 Å². The molecule has 1 aromatic rings. The Balaban J connectivity index is 1.77. The average Bonchev–Trinajstić information content (AvgIpc) is 3.48. The van der Waals surface area contributed by atoms with Gasteiger partial charge in [-0.05, 0) is 31.2 Å². The molecule has 0 saturated carbocycles. The molecule has 11 nitrogen and oxygen atoms in total. The highest BCUT2D eigenvalue weighted by molar-refractivity contribution is 5.95. The highest BCUT2D eigenvalue weighted by atomic mass is 16.4. The van der Waals surface area contributed by atoms with Crippen LogP contribution in [0, 0.1) is 0 Å². The van der Waals surface area contributed by atoms with Gasteiger partial charge < -0.3 is 31.1 Å². The zero-order chi connectivity index (χ0) is 24.8. The molecule has 184 valence electrons. The van der Waals surface area contributed by atoms with Crippen LogP contribution in [0.25, 0.3) is 0 Å². The van der Waals surface area contributed by atoms with E-state index in [2.05, 4.69) is 5.32 Å². The minimum Gasteiger partial charge on any atom is -0.481 e. The summed E-state index contributed by atoms with van der Waals surface area (Å²) in [5, 5.41) is 21.1. The molecule has 5 N–H and O–H groups in total. The molecule has 3 amide bonds. The maximum absolute atomic E-state index is 13.3. The van der Waals surface area contributed by atoms with Gasteiger partial charge in [-0.2, -0.15) is 0 Å². The van der Waals surface area contributed by atoms with Crippen molar-refractivity contribution in [1.82, 2.24) is 15.1 Å². The van der Waals surface area contributed by atoms with Crippen molar-refractivity contribution in [1.29, 1.82) is 0 Å². The smallest absolute Gasteiger partial charge is 0.326 e. The van der Waals surface area contributed by atoms with Gasteiger partial charge >= 0.3 is 11.9 Å². The SMILES string of the molecule is NC(CC(=O)O)C(=O)N1CCCC1C(=O)NC(Cc1ccccc1)C(=O)N1CCCC1C(=O)O. The lowest BCUT2D eigenvalue weighted by atomic mass is 10.0. The lowest BCUT2D eigenvalue weighted by molar-refractivity contribution is -0.149. The van der Waals surface area contributed by atoms with Crippen LogP contribution in [0.5, 0.6) is 0 Å². The van der Waals surface area contributed by atoms with Gasteiger partial charge in [0.15, 0.2) is 0 Å². The normalized spacial score (nSPS) is 21.7. The first-order valence-electron chi connectivity index (χ1n) is 11.3. The Bertz CT molecular complexity index is 939. The van der Waals surface area contributed by atoms with Gasteiger partial charge in [0.25, 0.3) is 0 Å². The number of carbonyl (C=O) groups excluding carboxylic acids is 3. The summed E-state index contributed by atoms with van der Waals surface area (Å²) in [4.78, 5) is 64.3. The molecule has 1 aromatic carbocycles.